The van der Waals surface area contributed by atoms with Crippen LogP contribution in [-0.2, 0) is 6.54 Å². The van der Waals surface area contributed by atoms with Crippen molar-refractivity contribution in [3.8, 4) is 0 Å². The van der Waals surface area contributed by atoms with Crippen molar-refractivity contribution in [2.45, 2.75) is 25.4 Å². The summed E-state index contributed by atoms with van der Waals surface area (Å²) in [7, 11) is 0. The Bertz CT molecular complexity index is 859. The highest BCUT2D eigenvalue weighted by molar-refractivity contribution is 5.87. The Morgan fingerprint density at radius 1 is 1.08 bits per heavy atom. The maximum absolute atomic E-state index is 4.65. The number of aromatic nitrogens is 3. The molecule has 1 N–H and O–H groups in total. The van der Waals surface area contributed by atoms with Gasteiger partial charge in [-0.2, -0.15) is 0 Å². The van der Waals surface area contributed by atoms with E-state index in [1.165, 1.54) is 24.9 Å². The van der Waals surface area contributed by atoms with Crippen molar-refractivity contribution in [3.05, 3.63) is 54.5 Å². The fourth-order valence-electron chi connectivity index (χ4n) is 4.59. The molecule has 3 aromatic rings. The zero-order valence-electron chi connectivity index (χ0n) is 14.3. The van der Waals surface area contributed by atoms with Gasteiger partial charge in [0, 0.05) is 38.4 Å². The number of nitrogens with one attached hydrogen (secondary N) is 1. The van der Waals surface area contributed by atoms with Crippen molar-refractivity contribution in [1.82, 2.24) is 19.9 Å². The van der Waals surface area contributed by atoms with Gasteiger partial charge in [0.2, 0.25) is 0 Å². The second kappa shape index (κ2) is 6.15. The van der Waals surface area contributed by atoms with Crippen LogP contribution in [0.4, 0.5) is 5.82 Å². The average Bonchev–Trinajstić information content (AvgIpc) is 3.28. The number of fused-ring (bicyclic) bond motifs is 2. The van der Waals surface area contributed by atoms with E-state index in [2.05, 4.69) is 61.1 Å². The first-order valence-corrected chi connectivity index (χ1v) is 9.19. The molecule has 5 nitrogen and oxygen atoms in total. The number of anilines is 1. The standard InChI is InChI=1S/C20H23N5/c1-2-5-15(6-3-1)11-24-12-16-7-4-10-25(18(16)13-24)20-17-8-9-21-19(17)22-14-23-20/h1-3,5-6,8-9,14,16,18H,4,7,10-13H2,(H,21,22,23)/t16-,18?/m0/s1. The van der Waals surface area contributed by atoms with Crippen molar-refractivity contribution in [3.63, 3.8) is 0 Å². The average molecular weight is 333 g/mol. The molecule has 0 saturated carbocycles. The Labute approximate surface area is 147 Å². The summed E-state index contributed by atoms with van der Waals surface area (Å²) in [6, 6.07) is 13.5. The van der Waals surface area contributed by atoms with Crippen LogP contribution in [0.5, 0.6) is 0 Å². The minimum atomic E-state index is 0.561. The molecule has 1 unspecified atom stereocenters. The second-order valence-corrected chi connectivity index (χ2v) is 7.28. The number of benzene rings is 1. The van der Waals surface area contributed by atoms with E-state index in [1.54, 1.807) is 6.33 Å². The summed E-state index contributed by atoms with van der Waals surface area (Å²) in [4.78, 5) is 17.4. The van der Waals surface area contributed by atoms with Crippen LogP contribution in [0.15, 0.2) is 48.9 Å². The molecule has 2 fully saturated rings. The molecule has 2 saturated heterocycles. The first-order chi connectivity index (χ1) is 12.4. The van der Waals surface area contributed by atoms with Crippen LogP contribution in [-0.4, -0.2) is 45.5 Å². The third kappa shape index (κ3) is 2.68. The molecule has 0 amide bonds. The summed E-state index contributed by atoms with van der Waals surface area (Å²) in [5.41, 5.74) is 2.34. The minimum Gasteiger partial charge on any atom is -0.351 e. The van der Waals surface area contributed by atoms with Crippen molar-refractivity contribution >= 4 is 16.9 Å². The van der Waals surface area contributed by atoms with Gasteiger partial charge in [-0.15, -0.1) is 0 Å². The van der Waals surface area contributed by atoms with E-state index in [4.69, 9.17) is 0 Å². The fourth-order valence-corrected chi connectivity index (χ4v) is 4.59. The molecule has 5 heteroatoms. The summed E-state index contributed by atoms with van der Waals surface area (Å²) in [6.45, 7) is 4.45. The smallest absolute Gasteiger partial charge is 0.142 e. The highest BCUT2D eigenvalue weighted by Gasteiger charge is 2.39. The summed E-state index contributed by atoms with van der Waals surface area (Å²) >= 11 is 0. The highest BCUT2D eigenvalue weighted by Crippen LogP contribution is 2.35. The van der Waals surface area contributed by atoms with E-state index in [1.807, 2.05) is 6.20 Å². The van der Waals surface area contributed by atoms with Gasteiger partial charge in [-0.3, -0.25) is 4.90 Å². The third-order valence-electron chi connectivity index (χ3n) is 5.71. The van der Waals surface area contributed by atoms with Crippen LogP contribution in [0.3, 0.4) is 0 Å². The Kier molecular flexibility index (Phi) is 3.67. The summed E-state index contributed by atoms with van der Waals surface area (Å²) in [6.07, 6.45) is 6.22. The van der Waals surface area contributed by atoms with Crippen LogP contribution < -0.4 is 4.90 Å². The Morgan fingerprint density at radius 2 is 2.00 bits per heavy atom. The second-order valence-electron chi connectivity index (χ2n) is 7.28. The molecule has 128 valence electrons. The third-order valence-corrected chi connectivity index (χ3v) is 5.71. The first kappa shape index (κ1) is 14.9. The fraction of sp³-hybridized carbons (Fsp3) is 0.400. The highest BCUT2D eigenvalue weighted by atomic mass is 15.3. The molecule has 2 aromatic heterocycles. The molecule has 2 atom stereocenters. The summed E-state index contributed by atoms with van der Waals surface area (Å²) < 4.78 is 0. The van der Waals surface area contributed by atoms with E-state index >= 15 is 0 Å². The quantitative estimate of drug-likeness (QED) is 0.800. The lowest BCUT2D eigenvalue weighted by Crippen LogP contribution is -2.45. The SMILES string of the molecule is c1ccc(CN2CC3[C@@H](CCCN3c3ncnc4[nH]ccc34)C2)cc1. The number of H-pyrrole nitrogens is 1. The van der Waals surface area contributed by atoms with Crippen LogP contribution in [0.25, 0.3) is 11.0 Å². The van der Waals surface area contributed by atoms with Gasteiger partial charge in [0.25, 0.3) is 0 Å². The largest absolute Gasteiger partial charge is 0.351 e. The first-order valence-electron chi connectivity index (χ1n) is 9.19. The Morgan fingerprint density at radius 3 is 2.92 bits per heavy atom. The van der Waals surface area contributed by atoms with Gasteiger partial charge in [-0.05, 0) is 30.4 Å². The van der Waals surface area contributed by atoms with Gasteiger partial charge in [0.1, 0.15) is 17.8 Å². The zero-order chi connectivity index (χ0) is 16.6. The van der Waals surface area contributed by atoms with Crippen LogP contribution in [0.2, 0.25) is 0 Å². The number of rotatable bonds is 3. The summed E-state index contributed by atoms with van der Waals surface area (Å²) in [5.74, 6) is 1.84. The van der Waals surface area contributed by atoms with Crippen LogP contribution in [0.1, 0.15) is 18.4 Å². The molecule has 2 aliphatic rings. The molecule has 0 aliphatic carbocycles. The number of hydrogen-bond donors (Lipinski definition) is 1. The number of aromatic amines is 1. The molecule has 25 heavy (non-hydrogen) atoms. The molecule has 2 aliphatic heterocycles. The number of nitrogens with zero attached hydrogens (tertiary/aromatic N) is 4. The van der Waals surface area contributed by atoms with Gasteiger partial charge >= 0.3 is 0 Å². The van der Waals surface area contributed by atoms with Gasteiger partial charge in [0.05, 0.1) is 5.39 Å². The molecule has 5 rings (SSSR count). The molecule has 0 spiro atoms. The maximum atomic E-state index is 4.65. The van der Waals surface area contributed by atoms with Gasteiger partial charge in [-0.1, -0.05) is 30.3 Å². The molecule has 0 radical (unpaired) electrons. The van der Waals surface area contributed by atoms with Gasteiger partial charge in [0.15, 0.2) is 0 Å². The lowest BCUT2D eigenvalue weighted by atomic mass is 9.92. The lowest BCUT2D eigenvalue weighted by Gasteiger charge is -2.38. The Hall–Kier alpha value is -2.40. The number of hydrogen-bond acceptors (Lipinski definition) is 4. The molecule has 0 bridgehead atoms. The maximum Gasteiger partial charge on any atom is 0.142 e. The van der Waals surface area contributed by atoms with Crippen molar-refractivity contribution < 1.29 is 0 Å². The van der Waals surface area contributed by atoms with Crippen molar-refractivity contribution in [2.24, 2.45) is 5.92 Å². The topological polar surface area (TPSA) is 48.1 Å². The Balaban J connectivity index is 1.41. The van der Waals surface area contributed by atoms with E-state index in [9.17, 15) is 0 Å². The van der Waals surface area contributed by atoms with Gasteiger partial charge < -0.3 is 9.88 Å². The number of piperidine rings is 1. The van der Waals surface area contributed by atoms with Crippen molar-refractivity contribution in [2.75, 3.05) is 24.5 Å². The summed E-state index contributed by atoms with van der Waals surface area (Å²) in [5, 5.41) is 1.14. The van der Waals surface area contributed by atoms with E-state index in [0.717, 1.165) is 42.4 Å². The molecule has 1 aromatic carbocycles. The van der Waals surface area contributed by atoms with Crippen molar-refractivity contribution in [1.29, 1.82) is 0 Å². The lowest BCUT2D eigenvalue weighted by molar-refractivity contribution is 0.313. The number of likely N-dealkylation sites (tertiary alicyclic amines) is 1. The normalized spacial score (nSPS) is 23.9. The van der Waals surface area contributed by atoms with E-state index in [0.29, 0.717) is 6.04 Å². The molecule has 4 heterocycles. The molecular formula is C20H23N5. The minimum absolute atomic E-state index is 0.561. The predicted octanol–water partition coefficient (Wildman–Crippen LogP) is 3.06. The molecular weight excluding hydrogens is 310 g/mol. The van der Waals surface area contributed by atoms with E-state index in [-0.39, 0.29) is 0 Å². The monoisotopic (exact) mass is 333 g/mol. The zero-order valence-corrected chi connectivity index (χ0v) is 14.3. The van der Waals surface area contributed by atoms with E-state index < -0.39 is 0 Å². The van der Waals surface area contributed by atoms with Crippen LogP contribution >= 0.6 is 0 Å². The van der Waals surface area contributed by atoms with Gasteiger partial charge in [-0.25, -0.2) is 9.97 Å². The van der Waals surface area contributed by atoms with Crippen LogP contribution in [0, 0.1) is 5.92 Å². The predicted molar refractivity (Wildman–Crippen MR) is 99.5 cm³/mol.